The molecule has 0 amide bonds. The fourth-order valence-corrected chi connectivity index (χ4v) is 1.59. The molecule has 2 N–H and O–H groups in total. The van der Waals surface area contributed by atoms with Gasteiger partial charge in [0.15, 0.2) is 11.5 Å². The normalized spacial score (nSPS) is 13.9. The van der Waals surface area contributed by atoms with Crippen LogP contribution in [0.15, 0.2) is 18.2 Å². The quantitative estimate of drug-likeness (QED) is 0.760. The molecule has 1 atom stereocenters. The zero-order valence-electron chi connectivity index (χ0n) is 12.0. The minimum Gasteiger partial charge on any atom is -0.490 e. The van der Waals surface area contributed by atoms with E-state index in [1.807, 2.05) is 13.8 Å². The largest absolute Gasteiger partial charge is 0.490 e. The summed E-state index contributed by atoms with van der Waals surface area (Å²) in [6.45, 7) is 6.51. The van der Waals surface area contributed by atoms with Crippen molar-refractivity contribution in [3.05, 3.63) is 23.8 Å². The predicted octanol–water partition coefficient (Wildman–Crippen LogP) is 2.46. The van der Waals surface area contributed by atoms with Gasteiger partial charge in [-0.1, -0.05) is 19.9 Å². The van der Waals surface area contributed by atoms with Crippen molar-refractivity contribution in [1.82, 2.24) is 0 Å². The van der Waals surface area contributed by atoms with Crippen molar-refractivity contribution in [2.24, 2.45) is 0 Å². The van der Waals surface area contributed by atoms with Gasteiger partial charge < -0.3 is 19.7 Å². The Hall–Kier alpha value is -1.26. The molecule has 0 saturated heterocycles. The van der Waals surface area contributed by atoms with Crippen LogP contribution in [0.2, 0.25) is 0 Å². The van der Waals surface area contributed by atoms with Gasteiger partial charge in [-0.05, 0) is 37.5 Å². The molecule has 0 aliphatic heterocycles. The molecule has 4 heteroatoms. The first kappa shape index (κ1) is 15.8. The van der Waals surface area contributed by atoms with Crippen molar-refractivity contribution in [1.29, 1.82) is 0 Å². The third-order valence-corrected chi connectivity index (χ3v) is 2.80. The molecule has 0 aromatic heterocycles. The molecule has 4 nitrogen and oxygen atoms in total. The second kappa shape index (κ2) is 7.36. The lowest BCUT2D eigenvalue weighted by Crippen LogP contribution is -2.25. The molecule has 19 heavy (non-hydrogen) atoms. The Kier molecular flexibility index (Phi) is 6.12. The summed E-state index contributed by atoms with van der Waals surface area (Å²) in [4.78, 5) is 0. The van der Waals surface area contributed by atoms with Crippen molar-refractivity contribution in [3.8, 4) is 11.5 Å². The van der Waals surface area contributed by atoms with Gasteiger partial charge in [0.2, 0.25) is 0 Å². The maximum absolute atomic E-state index is 10.1. The number of rotatable bonds is 8. The Balaban J connectivity index is 3.00. The van der Waals surface area contributed by atoms with Crippen LogP contribution in [0.5, 0.6) is 11.5 Å². The van der Waals surface area contributed by atoms with Gasteiger partial charge in [0, 0.05) is 0 Å². The zero-order valence-corrected chi connectivity index (χ0v) is 12.0. The molecule has 1 rings (SSSR count). The molecule has 1 unspecified atom stereocenters. The van der Waals surface area contributed by atoms with E-state index in [4.69, 9.17) is 9.47 Å². The highest BCUT2D eigenvalue weighted by molar-refractivity contribution is 5.44. The van der Waals surface area contributed by atoms with Crippen molar-refractivity contribution >= 4 is 0 Å². The van der Waals surface area contributed by atoms with Gasteiger partial charge in [0.1, 0.15) is 5.60 Å². The lowest BCUT2D eigenvalue weighted by molar-refractivity contribution is -0.00251. The van der Waals surface area contributed by atoms with Crippen LogP contribution in [0, 0.1) is 0 Å². The van der Waals surface area contributed by atoms with Crippen LogP contribution in [0.25, 0.3) is 0 Å². The summed E-state index contributed by atoms with van der Waals surface area (Å²) in [6.07, 6.45) is 1.82. The molecule has 0 saturated carbocycles. The average molecular weight is 268 g/mol. The third-order valence-electron chi connectivity index (χ3n) is 2.80. The summed E-state index contributed by atoms with van der Waals surface area (Å²) in [5.41, 5.74) is -0.655. The summed E-state index contributed by atoms with van der Waals surface area (Å²) < 4.78 is 11.3. The van der Waals surface area contributed by atoms with Crippen LogP contribution in [0.1, 0.15) is 39.2 Å². The molecule has 0 heterocycles. The van der Waals surface area contributed by atoms with E-state index in [-0.39, 0.29) is 6.61 Å². The molecule has 0 radical (unpaired) electrons. The molecule has 108 valence electrons. The second-order valence-electron chi connectivity index (χ2n) is 4.79. The molecule has 0 bridgehead atoms. The van der Waals surface area contributed by atoms with E-state index in [1.54, 1.807) is 25.1 Å². The maximum Gasteiger partial charge on any atom is 0.161 e. The third kappa shape index (κ3) is 4.40. The highest BCUT2D eigenvalue weighted by atomic mass is 16.5. The molecule has 1 aromatic carbocycles. The lowest BCUT2D eigenvalue weighted by Gasteiger charge is -2.22. The van der Waals surface area contributed by atoms with E-state index >= 15 is 0 Å². The van der Waals surface area contributed by atoms with E-state index in [2.05, 4.69) is 0 Å². The van der Waals surface area contributed by atoms with Crippen LogP contribution >= 0.6 is 0 Å². The Morgan fingerprint density at radius 3 is 2.16 bits per heavy atom. The molecular formula is C15H24O4. The molecule has 0 fully saturated rings. The Morgan fingerprint density at radius 2 is 1.63 bits per heavy atom. The van der Waals surface area contributed by atoms with E-state index in [1.165, 1.54) is 0 Å². The van der Waals surface area contributed by atoms with Gasteiger partial charge in [0.05, 0.1) is 19.8 Å². The first-order valence-electron chi connectivity index (χ1n) is 6.78. The van der Waals surface area contributed by atoms with Crippen LogP contribution in [0.3, 0.4) is 0 Å². The van der Waals surface area contributed by atoms with Gasteiger partial charge in [-0.2, -0.15) is 0 Å². The van der Waals surface area contributed by atoms with Crippen molar-refractivity contribution in [2.75, 3.05) is 19.8 Å². The molecule has 0 aliphatic rings. The van der Waals surface area contributed by atoms with Crippen LogP contribution < -0.4 is 9.47 Å². The summed E-state index contributed by atoms with van der Waals surface area (Å²) in [5, 5.41) is 19.3. The first-order valence-corrected chi connectivity index (χ1v) is 6.78. The van der Waals surface area contributed by atoms with E-state index in [0.29, 0.717) is 30.3 Å². The fourth-order valence-electron chi connectivity index (χ4n) is 1.59. The Morgan fingerprint density at radius 1 is 1.05 bits per heavy atom. The number of hydrogen-bond donors (Lipinski definition) is 2. The summed E-state index contributed by atoms with van der Waals surface area (Å²) in [7, 11) is 0. The van der Waals surface area contributed by atoms with Crippen molar-refractivity contribution in [3.63, 3.8) is 0 Å². The standard InChI is InChI=1S/C15H24O4/c1-4-8-18-13-7-6-12(15(3,17)11-16)10-14(13)19-9-5-2/h6-7,10,16-17H,4-5,8-9,11H2,1-3H3. The highest BCUT2D eigenvalue weighted by Gasteiger charge is 2.23. The maximum atomic E-state index is 10.1. The number of benzene rings is 1. The second-order valence-corrected chi connectivity index (χ2v) is 4.79. The monoisotopic (exact) mass is 268 g/mol. The van der Waals surface area contributed by atoms with Gasteiger partial charge in [-0.15, -0.1) is 0 Å². The summed E-state index contributed by atoms with van der Waals surface area (Å²) >= 11 is 0. The van der Waals surface area contributed by atoms with Gasteiger partial charge in [-0.25, -0.2) is 0 Å². The van der Waals surface area contributed by atoms with Crippen LogP contribution in [0.4, 0.5) is 0 Å². The number of hydrogen-bond acceptors (Lipinski definition) is 4. The number of ether oxygens (including phenoxy) is 2. The first-order chi connectivity index (χ1) is 9.05. The topological polar surface area (TPSA) is 58.9 Å². The number of aliphatic hydroxyl groups is 2. The van der Waals surface area contributed by atoms with Crippen LogP contribution in [-0.4, -0.2) is 30.0 Å². The van der Waals surface area contributed by atoms with Gasteiger partial charge in [0.25, 0.3) is 0 Å². The SMILES string of the molecule is CCCOc1ccc(C(C)(O)CO)cc1OCCC. The number of aliphatic hydroxyl groups excluding tert-OH is 1. The lowest BCUT2D eigenvalue weighted by atomic mass is 9.97. The predicted molar refractivity (Wildman–Crippen MR) is 74.7 cm³/mol. The summed E-state index contributed by atoms with van der Waals surface area (Å²) in [5.74, 6) is 1.29. The fraction of sp³-hybridized carbons (Fsp3) is 0.600. The van der Waals surface area contributed by atoms with E-state index in [0.717, 1.165) is 12.8 Å². The molecule has 0 spiro atoms. The van der Waals surface area contributed by atoms with Gasteiger partial charge in [-0.3, -0.25) is 0 Å². The Labute approximate surface area is 115 Å². The minimum absolute atomic E-state index is 0.338. The Bertz CT molecular complexity index is 388. The van der Waals surface area contributed by atoms with Crippen LogP contribution in [-0.2, 0) is 5.60 Å². The molecule has 1 aromatic rings. The smallest absolute Gasteiger partial charge is 0.161 e. The molecule has 0 aliphatic carbocycles. The summed E-state index contributed by atoms with van der Waals surface area (Å²) in [6, 6.07) is 5.26. The van der Waals surface area contributed by atoms with E-state index in [9.17, 15) is 10.2 Å². The minimum atomic E-state index is -1.27. The van der Waals surface area contributed by atoms with Crippen molar-refractivity contribution < 1.29 is 19.7 Å². The average Bonchev–Trinajstić information content (AvgIpc) is 2.43. The van der Waals surface area contributed by atoms with Crippen molar-refractivity contribution in [2.45, 2.75) is 39.2 Å². The highest BCUT2D eigenvalue weighted by Crippen LogP contribution is 2.32. The molecular weight excluding hydrogens is 244 g/mol. The van der Waals surface area contributed by atoms with Gasteiger partial charge >= 0.3 is 0 Å². The van der Waals surface area contributed by atoms with E-state index < -0.39 is 5.60 Å². The zero-order chi connectivity index (χ0) is 14.3.